The third kappa shape index (κ3) is 4.50. The lowest BCUT2D eigenvalue weighted by molar-refractivity contribution is 0.0936. The van der Waals surface area contributed by atoms with Crippen LogP contribution in [-0.4, -0.2) is 44.3 Å². The highest BCUT2D eigenvalue weighted by molar-refractivity contribution is 5.92. The Hall–Kier alpha value is -1.33. The number of carbonyl (C=O) groups excluding carboxylic acids is 1. The maximum absolute atomic E-state index is 12.0. The number of nitrogens with zero attached hydrogens (tertiary/aromatic N) is 1. The molecule has 18 heavy (non-hydrogen) atoms. The van der Waals surface area contributed by atoms with Gasteiger partial charge in [-0.15, -0.1) is 0 Å². The maximum atomic E-state index is 12.0. The normalized spacial score (nSPS) is 12.4. The number of ether oxygens (including phenoxy) is 1. The first-order valence-electron chi connectivity index (χ1n) is 6.26. The number of rotatable bonds is 8. The van der Waals surface area contributed by atoms with E-state index in [0.29, 0.717) is 31.3 Å². The quantitative estimate of drug-likeness (QED) is 0.718. The molecule has 0 aliphatic carbocycles. The molecule has 5 nitrogen and oxygen atoms in total. The van der Waals surface area contributed by atoms with Crippen molar-refractivity contribution in [3.63, 3.8) is 0 Å². The van der Waals surface area contributed by atoms with Crippen LogP contribution in [0.5, 0.6) is 0 Å². The minimum absolute atomic E-state index is 0.0287. The van der Waals surface area contributed by atoms with Crippen molar-refractivity contribution in [1.29, 1.82) is 0 Å². The number of hydrogen-bond acceptors (Lipinski definition) is 3. The van der Waals surface area contributed by atoms with Gasteiger partial charge in [-0.1, -0.05) is 6.92 Å². The summed E-state index contributed by atoms with van der Waals surface area (Å²) >= 11 is 0. The Morgan fingerprint density at radius 1 is 1.50 bits per heavy atom. The molecular weight excluding hydrogens is 230 g/mol. The number of amides is 1. The van der Waals surface area contributed by atoms with E-state index in [0.717, 1.165) is 6.54 Å². The Bertz CT molecular complexity index is 363. The van der Waals surface area contributed by atoms with Gasteiger partial charge in [-0.05, 0) is 31.6 Å². The summed E-state index contributed by atoms with van der Waals surface area (Å²) in [7, 11) is 3.57. The van der Waals surface area contributed by atoms with Gasteiger partial charge < -0.3 is 19.9 Å². The molecule has 0 saturated carbocycles. The Morgan fingerprint density at radius 3 is 2.94 bits per heavy atom. The molecule has 0 radical (unpaired) electrons. The molecule has 1 aromatic heterocycles. The average Bonchev–Trinajstić information content (AvgIpc) is 2.82. The van der Waals surface area contributed by atoms with E-state index in [2.05, 4.69) is 17.6 Å². The zero-order valence-electron chi connectivity index (χ0n) is 11.4. The number of carbonyl (C=O) groups is 1. The molecule has 1 unspecified atom stereocenters. The van der Waals surface area contributed by atoms with Crippen molar-refractivity contribution in [3.8, 4) is 0 Å². The van der Waals surface area contributed by atoms with Crippen molar-refractivity contribution < 1.29 is 9.53 Å². The first kappa shape index (κ1) is 14.7. The highest BCUT2D eigenvalue weighted by atomic mass is 16.5. The van der Waals surface area contributed by atoms with Crippen LogP contribution in [0.1, 0.15) is 17.4 Å². The third-order valence-electron chi connectivity index (χ3n) is 2.76. The van der Waals surface area contributed by atoms with Crippen molar-refractivity contribution in [3.05, 3.63) is 24.0 Å². The Balaban J connectivity index is 2.48. The van der Waals surface area contributed by atoms with Gasteiger partial charge in [0, 0.05) is 26.4 Å². The zero-order chi connectivity index (χ0) is 13.4. The Kier molecular flexibility index (Phi) is 6.46. The molecule has 102 valence electrons. The molecule has 1 aromatic rings. The largest absolute Gasteiger partial charge is 0.383 e. The molecule has 0 spiro atoms. The van der Waals surface area contributed by atoms with Crippen molar-refractivity contribution >= 4 is 5.91 Å². The summed E-state index contributed by atoms with van der Waals surface area (Å²) in [5.74, 6) is 0.389. The average molecular weight is 253 g/mol. The molecule has 0 fully saturated rings. The molecule has 0 bridgehead atoms. The van der Waals surface area contributed by atoms with E-state index < -0.39 is 0 Å². The second kappa shape index (κ2) is 7.89. The maximum Gasteiger partial charge on any atom is 0.267 e. The lowest BCUT2D eigenvalue weighted by Crippen LogP contribution is -2.33. The number of nitrogens with one attached hydrogen (secondary N) is 2. The summed E-state index contributed by atoms with van der Waals surface area (Å²) in [6.07, 6.45) is 1.89. The number of aromatic nitrogens is 1. The van der Waals surface area contributed by atoms with E-state index in [4.69, 9.17) is 4.74 Å². The van der Waals surface area contributed by atoms with Crippen LogP contribution in [0.3, 0.4) is 0 Å². The van der Waals surface area contributed by atoms with E-state index in [1.165, 1.54) is 0 Å². The van der Waals surface area contributed by atoms with Gasteiger partial charge >= 0.3 is 0 Å². The van der Waals surface area contributed by atoms with Gasteiger partial charge in [0.1, 0.15) is 5.69 Å². The molecule has 5 heteroatoms. The molecular formula is C13H23N3O2. The van der Waals surface area contributed by atoms with Crippen molar-refractivity contribution in [2.24, 2.45) is 5.92 Å². The molecule has 0 aromatic carbocycles. The minimum atomic E-state index is -0.0287. The first-order chi connectivity index (χ1) is 8.69. The first-order valence-corrected chi connectivity index (χ1v) is 6.26. The smallest absolute Gasteiger partial charge is 0.267 e. The predicted octanol–water partition coefficient (Wildman–Crippen LogP) is 0.720. The van der Waals surface area contributed by atoms with Crippen LogP contribution in [0, 0.1) is 5.92 Å². The van der Waals surface area contributed by atoms with Gasteiger partial charge in [-0.25, -0.2) is 0 Å². The summed E-state index contributed by atoms with van der Waals surface area (Å²) in [6, 6.07) is 3.70. The standard InChI is InChI=1S/C13H23N3O2/c1-11(9-14-2)10-15-13(17)12-5-4-6-16(12)7-8-18-3/h4-6,11,14H,7-10H2,1-3H3,(H,15,17). The van der Waals surface area contributed by atoms with Gasteiger partial charge in [0.05, 0.1) is 6.61 Å². The summed E-state index contributed by atoms with van der Waals surface area (Å²) < 4.78 is 6.92. The molecule has 1 rings (SSSR count). The zero-order valence-corrected chi connectivity index (χ0v) is 11.4. The summed E-state index contributed by atoms with van der Waals surface area (Å²) in [5.41, 5.74) is 0.684. The van der Waals surface area contributed by atoms with E-state index in [9.17, 15) is 4.79 Å². The van der Waals surface area contributed by atoms with Crippen molar-refractivity contribution in [2.45, 2.75) is 13.5 Å². The highest BCUT2D eigenvalue weighted by Crippen LogP contribution is 2.03. The van der Waals surface area contributed by atoms with Crippen LogP contribution in [0.25, 0.3) is 0 Å². The molecule has 1 amide bonds. The van der Waals surface area contributed by atoms with Gasteiger partial charge in [0.15, 0.2) is 0 Å². The SMILES string of the molecule is CNCC(C)CNC(=O)c1cccn1CCOC. The third-order valence-corrected chi connectivity index (χ3v) is 2.76. The van der Waals surface area contributed by atoms with Gasteiger partial charge in [-0.3, -0.25) is 4.79 Å². The monoisotopic (exact) mass is 253 g/mol. The Labute approximate surface area is 109 Å². The predicted molar refractivity (Wildman–Crippen MR) is 71.7 cm³/mol. The molecule has 1 heterocycles. The minimum Gasteiger partial charge on any atom is -0.383 e. The van der Waals surface area contributed by atoms with E-state index in [1.54, 1.807) is 7.11 Å². The highest BCUT2D eigenvalue weighted by Gasteiger charge is 2.11. The molecule has 0 saturated heterocycles. The lowest BCUT2D eigenvalue weighted by atomic mass is 10.2. The summed E-state index contributed by atoms with van der Waals surface area (Å²) in [5, 5.41) is 6.04. The lowest BCUT2D eigenvalue weighted by Gasteiger charge is -2.13. The van der Waals surface area contributed by atoms with Gasteiger partial charge in [0.25, 0.3) is 5.91 Å². The van der Waals surface area contributed by atoms with E-state index in [1.807, 2.05) is 29.9 Å². The van der Waals surface area contributed by atoms with Crippen LogP contribution in [0.15, 0.2) is 18.3 Å². The topological polar surface area (TPSA) is 55.3 Å². The van der Waals surface area contributed by atoms with E-state index in [-0.39, 0.29) is 5.91 Å². The van der Waals surface area contributed by atoms with Gasteiger partial charge in [-0.2, -0.15) is 0 Å². The molecule has 0 aliphatic rings. The number of methoxy groups -OCH3 is 1. The van der Waals surface area contributed by atoms with Crippen molar-refractivity contribution in [1.82, 2.24) is 15.2 Å². The van der Waals surface area contributed by atoms with Crippen LogP contribution < -0.4 is 10.6 Å². The molecule has 1 atom stereocenters. The van der Waals surface area contributed by atoms with E-state index >= 15 is 0 Å². The summed E-state index contributed by atoms with van der Waals surface area (Å²) in [6.45, 7) is 4.96. The van der Waals surface area contributed by atoms with Crippen LogP contribution in [0.4, 0.5) is 0 Å². The van der Waals surface area contributed by atoms with Crippen LogP contribution >= 0.6 is 0 Å². The second-order valence-corrected chi connectivity index (χ2v) is 4.45. The summed E-state index contributed by atoms with van der Waals surface area (Å²) in [4.78, 5) is 12.0. The number of hydrogen-bond donors (Lipinski definition) is 2. The molecule has 0 aliphatic heterocycles. The molecule has 2 N–H and O–H groups in total. The fraction of sp³-hybridized carbons (Fsp3) is 0.615. The fourth-order valence-electron chi connectivity index (χ4n) is 1.78. The van der Waals surface area contributed by atoms with Crippen molar-refractivity contribution in [2.75, 3.05) is 33.9 Å². The van der Waals surface area contributed by atoms with Gasteiger partial charge in [0.2, 0.25) is 0 Å². The van der Waals surface area contributed by atoms with Crippen LogP contribution in [0.2, 0.25) is 0 Å². The fourth-order valence-corrected chi connectivity index (χ4v) is 1.78. The van der Waals surface area contributed by atoms with Crippen LogP contribution in [-0.2, 0) is 11.3 Å². The second-order valence-electron chi connectivity index (χ2n) is 4.45. The Morgan fingerprint density at radius 2 is 2.28 bits per heavy atom.